The Morgan fingerprint density at radius 3 is 2.08 bits per heavy atom. The van der Waals surface area contributed by atoms with Gasteiger partial charge >= 0.3 is 0 Å². The highest BCUT2D eigenvalue weighted by molar-refractivity contribution is 6.21. The lowest BCUT2D eigenvalue weighted by atomic mass is 9.98. The Morgan fingerprint density at radius 1 is 1.15 bits per heavy atom. The van der Waals surface area contributed by atoms with Crippen molar-refractivity contribution in [1.29, 1.82) is 0 Å². The van der Waals surface area contributed by atoms with Gasteiger partial charge in [-0.05, 0) is 5.56 Å². The molecule has 0 aliphatic carbocycles. The summed E-state index contributed by atoms with van der Waals surface area (Å²) in [6, 6.07) is 9.78. The molecule has 1 rings (SSSR count). The fraction of sp³-hybridized carbons (Fsp3) is 0.400. The predicted molar refractivity (Wildman–Crippen MR) is 56.6 cm³/mol. The van der Waals surface area contributed by atoms with Crippen LogP contribution in [0.2, 0.25) is 0 Å². The number of rotatable bonds is 4. The molecule has 72 valence electrons. The molecule has 1 aromatic carbocycles. The molecule has 0 fully saturated rings. The highest BCUT2D eigenvalue weighted by Crippen LogP contribution is 2.27. The number of hydrogen-bond donors (Lipinski definition) is 0. The maximum Gasteiger partial charge on any atom is 0.120 e. The van der Waals surface area contributed by atoms with Gasteiger partial charge in [-0.25, -0.2) is 0 Å². The van der Waals surface area contributed by atoms with E-state index in [9.17, 15) is 0 Å². The molecule has 0 heterocycles. The summed E-state index contributed by atoms with van der Waals surface area (Å²) in [7, 11) is 1.62. The van der Waals surface area contributed by atoms with E-state index in [2.05, 4.69) is 0 Å². The van der Waals surface area contributed by atoms with Crippen LogP contribution in [0.5, 0.6) is 0 Å². The van der Waals surface area contributed by atoms with Crippen LogP contribution in [-0.4, -0.2) is 18.9 Å². The molecule has 0 saturated carbocycles. The van der Waals surface area contributed by atoms with E-state index in [1.807, 2.05) is 30.3 Å². The van der Waals surface area contributed by atoms with E-state index in [4.69, 9.17) is 27.9 Å². The molecule has 0 spiro atoms. The molecule has 13 heavy (non-hydrogen) atoms. The first kappa shape index (κ1) is 10.8. The minimum atomic E-state index is -0.551. The standard InChI is InChI=1S/C10H12Cl2O/c1-13-10(7-11,8-12)9-5-3-2-4-6-9/h2-6H,7-8H2,1H3. The van der Waals surface area contributed by atoms with Gasteiger partial charge in [0.2, 0.25) is 0 Å². The summed E-state index contributed by atoms with van der Waals surface area (Å²) in [5.74, 6) is 0.716. The van der Waals surface area contributed by atoms with E-state index in [0.717, 1.165) is 5.56 Å². The lowest BCUT2D eigenvalue weighted by molar-refractivity contribution is 0.0257. The SMILES string of the molecule is COC(CCl)(CCl)c1ccccc1. The Morgan fingerprint density at radius 2 is 1.69 bits per heavy atom. The Labute approximate surface area is 88.6 Å². The second-order valence-corrected chi connectivity index (χ2v) is 3.37. The number of benzene rings is 1. The van der Waals surface area contributed by atoms with Crippen LogP contribution in [0.3, 0.4) is 0 Å². The summed E-state index contributed by atoms with van der Waals surface area (Å²) in [4.78, 5) is 0. The molecule has 1 nitrogen and oxygen atoms in total. The van der Waals surface area contributed by atoms with Crippen LogP contribution < -0.4 is 0 Å². The molecule has 0 amide bonds. The van der Waals surface area contributed by atoms with Gasteiger partial charge < -0.3 is 4.74 Å². The fourth-order valence-corrected chi connectivity index (χ4v) is 1.97. The van der Waals surface area contributed by atoms with Gasteiger partial charge in [0, 0.05) is 7.11 Å². The highest BCUT2D eigenvalue weighted by Gasteiger charge is 2.29. The normalized spacial score (nSPS) is 11.6. The zero-order valence-electron chi connectivity index (χ0n) is 7.47. The van der Waals surface area contributed by atoms with Crippen LogP contribution >= 0.6 is 23.2 Å². The number of hydrogen-bond acceptors (Lipinski definition) is 1. The van der Waals surface area contributed by atoms with Crippen molar-refractivity contribution in [3.63, 3.8) is 0 Å². The smallest absolute Gasteiger partial charge is 0.120 e. The van der Waals surface area contributed by atoms with Gasteiger partial charge in [-0.2, -0.15) is 0 Å². The molecule has 0 atom stereocenters. The van der Waals surface area contributed by atoms with Crippen molar-refractivity contribution in [2.75, 3.05) is 18.9 Å². The molecule has 0 radical (unpaired) electrons. The van der Waals surface area contributed by atoms with Crippen LogP contribution in [0.15, 0.2) is 30.3 Å². The van der Waals surface area contributed by atoms with Gasteiger partial charge in [-0.3, -0.25) is 0 Å². The van der Waals surface area contributed by atoms with Crippen LogP contribution in [0, 0.1) is 0 Å². The molecular formula is C10H12Cl2O. The van der Waals surface area contributed by atoms with E-state index in [0.29, 0.717) is 11.8 Å². The Balaban J connectivity index is 3.01. The van der Waals surface area contributed by atoms with Gasteiger partial charge in [0.05, 0.1) is 11.8 Å². The predicted octanol–water partition coefficient (Wildman–Crippen LogP) is 3.01. The molecule has 0 aliphatic heterocycles. The third-order valence-electron chi connectivity index (χ3n) is 2.12. The number of methoxy groups -OCH3 is 1. The molecular weight excluding hydrogens is 207 g/mol. The molecule has 0 unspecified atom stereocenters. The zero-order valence-corrected chi connectivity index (χ0v) is 8.98. The minimum Gasteiger partial charge on any atom is -0.371 e. The monoisotopic (exact) mass is 218 g/mol. The van der Waals surface area contributed by atoms with Crippen molar-refractivity contribution in [3.05, 3.63) is 35.9 Å². The first-order chi connectivity index (χ1) is 6.29. The largest absolute Gasteiger partial charge is 0.371 e. The summed E-state index contributed by atoms with van der Waals surface area (Å²) in [5.41, 5.74) is 0.465. The number of halogens is 2. The van der Waals surface area contributed by atoms with Gasteiger partial charge in [-0.15, -0.1) is 23.2 Å². The molecule has 0 bridgehead atoms. The van der Waals surface area contributed by atoms with Crippen molar-refractivity contribution in [2.45, 2.75) is 5.60 Å². The van der Waals surface area contributed by atoms with Gasteiger partial charge in [-0.1, -0.05) is 30.3 Å². The lowest BCUT2D eigenvalue weighted by Gasteiger charge is -2.28. The average Bonchev–Trinajstić information content (AvgIpc) is 2.23. The van der Waals surface area contributed by atoms with Crippen LogP contribution in [0.4, 0.5) is 0 Å². The summed E-state index contributed by atoms with van der Waals surface area (Å²) in [6.07, 6.45) is 0. The quantitative estimate of drug-likeness (QED) is 0.707. The van der Waals surface area contributed by atoms with Crippen LogP contribution in [-0.2, 0) is 10.3 Å². The number of ether oxygens (including phenoxy) is 1. The first-order valence-corrected chi connectivity index (χ1v) is 5.08. The molecule has 0 aliphatic rings. The van der Waals surface area contributed by atoms with E-state index in [-0.39, 0.29) is 0 Å². The fourth-order valence-electron chi connectivity index (χ4n) is 1.16. The molecule has 0 saturated heterocycles. The van der Waals surface area contributed by atoms with Gasteiger partial charge in [0.1, 0.15) is 5.60 Å². The van der Waals surface area contributed by atoms with E-state index < -0.39 is 5.60 Å². The Hall–Kier alpha value is -0.240. The van der Waals surface area contributed by atoms with Crippen molar-refractivity contribution >= 4 is 23.2 Å². The number of alkyl halides is 2. The summed E-state index contributed by atoms with van der Waals surface area (Å²) in [5, 5.41) is 0. The minimum absolute atomic E-state index is 0.358. The molecule has 3 heteroatoms. The van der Waals surface area contributed by atoms with Crippen molar-refractivity contribution in [2.24, 2.45) is 0 Å². The lowest BCUT2D eigenvalue weighted by Crippen LogP contribution is -2.32. The van der Waals surface area contributed by atoms with E-state index in [1.54, 1.807) is 7.11 Å². The topological polar surface area (TPSA) is 9.23 Å². The average molecular weight is 219 g/mol. The zero-order chi connectivity index (χ0) is 9.73. The summed E-state index contributed by atoms with van der Waals surface area (Å²) >= 11 is 11.7. The van der Waals surface area contributed by atoms with Crippen LogP contribution in [0.1, 0.15) is 5.56 Å². The van der Waals surface area contributed by atoms with Crippen molar-refractivity contribution in [1.82, 2.24) is 0 Å². The van der Waals surface area contributed by atoms with Crippen molar-refractivity contribution in [3.8, 4) is 0 Å². The highest BCUT2D eigenvalue weighted by atomic mass is 35.5. The molecule has 0 aromatic heterocycles. The second-order valence-electron chi connectivity index (χ2n) is 2.83. The third-order valence-corrected chi connectivity index (χ3v) is 2.99. The first-order valence-electron chi connectivity index (χ1n) is 4.01. The third kappa shape index (κ3) is 2.16. The summed E-state index contributed by atoms with van der Waals surface area (Å²) < 4.78 is 5.36. The molecule has 1 aromatic rings. The van der Waals surface area contributed by atoms with Crippen LogP contribution in [0.25, 0.3) is 0 Å². The van der Waals surface area contributed by atoms with Crippen molar-refractivity contribution < 1.29 is 4.74 Å². The Bertz CT molecular complexity index is 236. The maximum atomic E-state index is 5.85. The van der Waals surface area contributed by atoms with E-state index >= 15 is 0 Å². The maximum absolute atomic E-state index is 5.85. The summed E-state index contributed by atoms with van der Waals surface area (Å²) in [6.45, 7) is 0. The second kappa shape index (κ2) is 4.85. The van der Waals surface area contributed by atoms with Gasteiger partial charge in [0.25, 0.3) is 0 Å². The van der Waals surface area contributed by atoms with E-state index in [1.165, 1.54) is 0 Å². The molecule has 0 N–H and O–H groups in total. The van der Waals surface area contributed by atoms with Gasteiger partial charge in [0.15, 0.2) is 0 Å². The Kier molecular flexibility index (Phi) is 4.04.